The first kappa shape index (κ1) is 6.29. The van der Waals surface area contributed by atoms with Crippen molar-refractivity contribution < 1.29 is 0 Å². The Bertz CT molecular complexity index is 264. The zero-order chi connectivity index (χ0) is 6.85. The van der Waals surface area contributed by atoms with Gasteiger partial charge in [-0.2, -0.15) is 0 Å². The number of nitrogens with two attached hydrogens (primary N) is 1. The van der Waals surface area contributed by atoms with Crippen LogP contribution >= 0.6 is 12.2 Å². The highest BCUT2D eigenvalue weighted by molar-refractivity contribution is 7.71. The fourth-order valence-electron chi connectivity index (χ4n) is 0.567. The lowest BCUT2D eigenvalue weighted by atomic mass is 10.4. The fraction of sp³-hybridized carbons (Fsp3) is 0.167. The van der Waals surface area contributed by atoms with Crippen LogP contribution in [-0.4, -0.2) is 4.57 Å². The Balaban J connectivity index is 3.34. The minimum atomic E-state index is 0.697. The molecular formula is C6H8N2S. The van der Waals surface area contributed by atoms with Gasteiger partial charge in [-0.05, 0) is 12.1 Å². The van der Waals surface area contributed by atoms with E-state index in [0.29, 0.717) is 5.82 Å². The molecule has 9 heavy (non-hydrogen) atoms. The van der Waals surface area contributed by atoms with Gasteiger partial charge in [0.25, 0.3) is 0 Å². The van der Waals surface area contributed by atoms with E-state index in [9.17, 15) is 0 Å². The number of anilines is 1. The third-order valence-electron chi connectivity index (χ3n) is 1.16. The molecule has 0 aliphatic carbocycles. The zero-order valence-corrected chi connectivity index (χ0v) is 5.98. The number of hydrogen-bond acceptors (Lipinski definition) is 2. The molecule has 0 fully saturated rings. The van der Waals surface area contributed by atoms with Crippen LogP contribution in [0.3, 0.4) is 0 Å². The summed E-state index contributed by atoms with van der Waals surface area (Å²) in [6.07, 6.45) is 1.84. The van der Waals surface area contributed by atoms with Crippen molar-refractivity contribution in [2.24, 2.45) is 7.05 Å². The zero-order valence-electron chi connectivity index (χ0n) is 5.16. The quantitative estimate of drug-likeness (QED) is 0.551. The van der Waals surface area contributed by atoms with Crippen molar-refractivity contribution in [3.63, 3.8) is 0 Å². The van der Waals surface area contributed by atoms with Crippen molar-refractivity contribution in [3.05, 3.63) is 22.8 Å². The molecule has 3 heteroatoms. The summed E-state index contributed by atoms with van der Waals surface area (Å²) in [6, 6.07) is 3.60. The lowest BCUT2D eigenvalue weighted by Crippen LogP contribution is -1.98. The molecule has 1 aromatic heterocycles. The van der Waals surface area contributed by atoms with E-state index in [1.54, 1.807) is 6.07 Å². The van der Waals surface area contributed by atoms with Crippen molar-refractivity contribution >= 4 is 18.0 Å². The second-order valence-electron chi connectivity index (χ2n) is 1.90. The molecule has 0 saturated carbocycles. The molecule has 0 spiro atoms. The van der Waals surface area contributed by atoms with Gasteiger partial charge in [0.05, 0.1) is 0 Å². The highest BCUT2D eigenvalue weighted by Crippen LogP contribution is 1.99. The molecule has 2 nitrogen and oxygen atoms in total. The Morgan fingerprint density at radius 1 is 1.67 bits per heavy atom. The van der Waals surface area contributed by atoms with Crippen molar-refractivity contribution in [3.8, 4) is 0 Å². The average molecular weight is 140 g/mol. The second kappa shape index (κ2) is 2.19. The van der Waals surface area contributed by atoms with Gasteiger partial charge in [-0.25, -0.2) is 0 Å². The Kier molecular flexibility index (Phi) is 1.53. The van der Waals surface area contributed by atoms with Crippen molar-refractivity contribution in [2.75, 3.05) is 5.73 Å². The minimum Gasteiger partial charge on any atom is -0.385 e. The summed E-state index contributed by atoms with van der Waals surface area (Å²) in [5.74, 6) is 0.697. The van der Waals surface area contributed by atoms with Crippen LogP contribution in [0.15, 0.2) is 18.3 Å². The maximum atomic E-state index is 5.52. The monoisotopic (exact) mass is 140 g/mol. The highest BCUT2D eigenvalue weighted by Gasteiger charge is 1.84. The lowest BCUT2D eigenvalue weighted by molar-refractivity contribution is 0.918. The fourth-order valence-corrected chi connectivity index (χ4v) is 0.749. The van der Waals surface area contributed by atoms with E-state index in [0.717, 1.165) is 4.51 Å². The molecule has 1 aromatic rings. The Hall–Kier alpha value is -0.830. The van der Waals surface area contributed by atoms with Crippen LogP contribution in [0.1, 0.15) is 0 Å². The number of rotatable bonds is 0. The highest BCUT2D eigenvalue weighted by atomic mass is 32.1. The maximum Gasteiger partial charge on any atom is 0.104 e. The van der Waals surface area contributed by atoms with E-state index >= 15 is 0 Å². The number of hydrogen-bond donors (Lipinski definition) is 1. The van der Waals surface area contributed by atoms with Crippen LogP contribution in [0, 0.1) is 4.51 Å². The van der Waals surface area contributed by atoms with Crippen molar-refractivity contribution in [1.82, 2.24) is 4.57 Å². The van der Waals surface area contributed by atoms with Crippen LogP contribution in [0.4, 0.5) is 5.82 Å². The summed E-state index contributed by atoms with van der Waals surface area (Å²) >= 11 is 4.87. The van der Waals surface area contributed by atoms with Gasteiger partial charge in [0, 0.05) is 17.8 Å². The Morgan fingerprint density at radius 2 is 2.33 bits per heavy atom. The SMILES string of the molecule is Cn1ccc(=S)cc1N. The van der Waals surface area contributed by atoms with Gasteiger partial charge in [0.2, 0.25) is 0 Å². The molecule has 0 saturated heterocycles. The number of nitrogens with zero attached hydrogens (tertiary/aromatic N) is 1. The van der Waals surface area contributed by atoms with Crippen molar-refractivity contribution in [2.45, 2.75) is 0 Å². The van der Waals surface area contributed by atoms with Gasteiger partial charge in [0.1, 0.15) is 5.82 Å². The molecule has 0 aliphatic rings. The molecule has 1 rings (SSSR count). The second-order valence-corrected chi connectivity index (χ2v) is 2.37. The van der Waals surface area contributed by atoms with Crippen molar-refractivity contribution in [1.29, 1.82) is 0 Å². The van der Waals surface area contributed by atoms with E-state index in [-0.39, 0.29) is 0 Å². The van der Waals surface area contributed by atoms with E-state index in [1.165, 1.54) is 0 Å². The Labute approximate surface area is 58.9 Å². The molecular weight excluding hydrogens is 132 g/mol. The van der Waals surface area contributed by atoms with Crippen LogP contribution in [0.2, 0.25) is 0 Å². The third-order valence-corrected chi connectivity index (χ3v) is 1.41. The van der Waals surface area contributed by atoms with Gasteiger partial charge in [-0.3, -0.25) is 0 Å². The molecule has 0 aromatic carbocycles. The standard InChI is InChI=1S/C6H8N2S/c1-8-3-2-5(9)4-6(8)7/h2-4H,7H2,1H3. The van der Waals surface area contributed by atoms with Gasteiger partial charge in [0.15, 0.2) is 0 Å². The number of aryl methyl sites for hydroxylation is 1. The maximum absolute atomic E-state index is 5.52. The lowest BCUT2D eigenvalue weighted by Gasteiger charge is -1.99. The van der Waals surface area contributed by atoms with Crippen LogP contribution in [-0.2, 0) is 7.05 Å². The molecule has 2 N–H and O–H groups in total. The minimum absolute atomic E-state index is 0.697. The average Bonchev–Trinajstić information content (AvgIpc) is 1.80. The molecule has 1 heterocycles. The summed E-state index contributed by atoms with van der Waals surface area (Å²) in [5, 5.41) is 0. The predicted molar refractivity (Wildman–Crippen MR) is 40.7 cm³/mol. The molecule has 48 valence electrons. The smallest absolute Gasteiger partial charge is 0.104 e. The van der Waals surface area contributed by atoms with Gasteiger partial charge >= 0.3 is 0 Å². The van der Waals surface area contributed by atoms with Crippen LogP contribution in [0.5, 0.6) is 0 Å². The molecule has 0 unspecified atom stereocenters. The molecule has 0 atom stereocenters. The summed E-state index contributed by atoms with van der Waals surface area (Å²) in [4.78, 5) is 0. The number of nitrogen functional groups attached to an aromatic ring is 1. The van der Waals surface area contributed by atoms with E-state index in [4.69, 9.17) is 18.0 Å². The number of aromatic nitrogens is 1. The normalized spacial score (nSPS) is 9.44. The van der Waals surface area contributed by atoms with Crippen LogP contribution in [0.25, 0.3) is 0 Å². The van der Waals surface area contributed by atoms with Gasteiger partial charge in [-0.15, -0.1) is 0 Å². The predicted octanol–water partition coefficient (Wildman–Crippen LogP) is 1.34. The van der Waals surface area contributed by atoms with Gasteiger partial charge in [-0.1, -0.05) is 12.2 Å². The Morgan fingerprint density at radius 3 is 2.78 bits per heavy atom. The van der Waals surface area contributed by atoms with E-state index in [2.05, 4.69) is 0 Å². The first-order valence-electron chi connectivity index (χ1n) is 2.62. The molecule has 0 radical (unpaired) electrons. The van der Waals surface area contributed by atoms with Crippen LogP contribution < -0.4 is 5.73 Å². The largest absolute Gasteiger partial charge is 0.385 e. The topological polar surface area (TPSA) is 30.9 Å². The third kappa shape index (κ3) is 1.29. The molecule has 0 aliphatic heterocycles. The molecule has 0 bridgehead atoms. The first-order valence-corrected chi connectivity index (χ1v) is 3.03. The summed E-state index contributed by atoms with van der Waals surface area (Å²) in [5.41, 5.74) is 5.52. The van der Waals surface area contributed by atoms with E-state index < -0.39 is 0 Å². The summed E-state index contributed by atoms with van der Waals surface area (Å²) < 4.78 is 2.60. The van der Waals surface area contributed by atoms with E-state index in [1.807, 2.05) is 23.9 Å². The number of pyridine rings is 1. The summed E-state index contributed by atoms with van der Waals surface area (Å²) in [7, 11) is 1.88. The first-order chi connectivity index (χ1) is 4.20. The summed E-state index contributed by atoms with van der Waals surface area (Å²) in [6.45, 7) is 0. The molecule has 0 amide bonds. The van der Waals surface area contributed by atoms with Gasteiger partial charge < -0.3 is 10.3 Å².